The van der Waals surface area contributed by atoms with Gasteiger partial charge in [-0.05, 0) is 13.0 Å². The van der Waals surface area contributed by atoms with Crippen molar-refractivity contribution in [2.75, 3.05) is 6.54 Å². The Morgan fingerprint density at radius 3 is 2.70 bits per heavy atom. The Bertz CT molecular complexity index is 600. The van der Waals surface area contributed by atoms with Crippen molar-refractivity contribution in [3.63, 3.8) is 0 Å². The third-order valence-electron chi connectivity index (χ3n) is 3.01. The molecule has 0 amide bonds. The predicted octanol–water partition coefficient (Wildman–Crippen LogP) is 2.57. The van der Waals surface area contributed by atoms with Crippen LogP contribution in [0.15, 0.2) is 27.9 Å². The maximum atomic E-state index is 5.75. The smallest absolute Gasteiger partial charge is 0.213 e. The normalized spacial score (nSPS) is 11.9. The summed E-state index contributed by atoms with van der Waals surface area (Å²) in [6, 6.07) is 1.90. The molecule has 0 bridgehead atoms. The molecule has 0 saturated heterocycles. The zero-order chi connectivity index (χ0) is 16.0. The molecular weight excluding hydrogens is 407 g/mol. The molecule has 3 N–H and O–H groups in total. The maximum Gasteiger partial charge on any atom is 0.213 e. The van der Waals surface area contributed by atoms with Gasteiger partial charge in [-0.1, -0.05) is 20.8 Å². The first-order valence-corrected chi connectivity index (χ1v) is 7.44. The molecule has 2 aromatic heterocycles. The minimum absolute atomic E-state index is 0. The fourth-order valence-corrected chi connectivity index (χ4v) is 1.78. The Labute approximate surface area is 153 Å². The largest absolute Gasteiger partial charge is 0.443 e. The van der Waals surface area contributed by atoms with Crippen LogP contribution in [0, 0.1) is 0 Å². The first kappa shape index (κ1) is 19.5. The van der Waals surface area contributed by atoms with Crippen LogP contribution < -0.4 is 10.6 Å². The van der Waals surface area contributed by atoms with Gasteiger partial charge in [0, 0.05) is 18.2 Å². The number of rotatable bonds is 5. The quantitative estimate of drug-likeness (QED) is 0.384. The summed E-state index contributed by atoms with van der Waals surface area (Å²) in [4.78, 5) is 8.78. The van der Waals surface area contributed by atoms with Crippen LogP contribution in [-0.4, -0.2) is 27.7 Å². The molecule has 0 spiro atoms. The average molecular weight is 432 g/mol. The number of aliphatic imine (C=N–C) groups is 1. The van der Waals surface area contributed by atoms with Crippen molar-refractivity contribution < 1.29 is 4.42 Å². The number of nitrogens with zero attached hydrogens (tertiary/aromatic N) is 3. The van der Waals surface area contributed by atoms with Gasteiger partial charge in [0.25, 0.3) is 0 Å². The van der Waals surface area contributed by atoms with Gasteiger partial charge in [0.1, 0.15) is 5.76 Å². The second kappa shape index (κ2) is 8.90. The lowest BCUT2D eigenvalue weighted by Gasteiger charge is -2.13. The van der Waals surface area contributed by atoms with E-state index >= 15 is 0 Å². The van der Waals surface area contributed by atoms with E-state index in [1.807, 2.05) is 13.0 Å². The second-order valence-corrected chi connectivity index (χ2v) is 6.00. The Balaban J connectivity index is 0.00000264. The molecule has 0 aliphatic carbocycles. The SMILES string of the molecule is CCNC(=NCc1ccn[nH]1)NCc1ncc(C(C)(C)C)o1.I. The fourth-order valence-electron chi connectivity index (χ4n) is 1.78. The molecule has 0 aliphatic heterocycles. The van der Waals surface area contributed by atoms with Crippen LogP contribution >= 0.6 is 24.0 Å². The lowest BCUT2D eigenvalue weighted by Crippen LogP contribution is -2.36. The molecule has 0 atom stereocenters. The van der Waals surface area contributed by atoms with Gasteiger partial charge in [0.05, 0.1) is 25.0 Å². The van der Waals surface area contributed by atoms with Crippen LogP contribution in [0.3, 0.4) is 0 Å². The van der Waals surface area contributed by atoms with E-state index < -0.39 is 0 Å². The van der Waals surface area contributed by atoms with Crippen molar-refractivity contribution in [1.82, 2.24) is 25.8 Å². The van der Waals surface area contributed by atoms with Gasteiger partial charge in [-0.2, -0.15) is 5.10 Å². The number of aromatic nitrogens is 3. The highest BCUT2D eigenvalue weighted by molar-refractivity contribution is 14.0. The van der Waals surface area contributed by atoms with Crippen molar-refractivity contribution in [3.8, 4) is 0 Å². The van der Waals surface area contributed by atoms with Crippen LogP contribution in [-0.2, 0) is 18.5 Å². The summed E-state index contributed by atoms with van der Waals surface area (Å²) in [5.41, 5.74) is 0.924. The summed E-state index contributed by atoms with van der Waals surface area (Å²) in [5.74, 6) is 2.24. The number of nitrogens with one attached hydrogen (secondary N) is 3. The van der Waals surface area contributed by atoms with Crippen molar-refractivity contribution in [1.29, 1.82) is 0 Å². The van der Waals surface area contributed by atoms with E-state index in [1.54, 1.807) is 12.4 Å². The van der Waals surface area contributed by atoms with Crippen LogP contribution in [0.1, 0.15) is 45.0 Å². The van der Waals surface area contributed by atoms with Crippen molar-refractivity contribution in [2.24, 2.45) is 4.99 Å². The van der Waals surface area contributed by atoms with Crippen LogP contribution in [0.4, 0.5) is 0 Å². The first-order valence-electron chi connectivity index (χ1n) is 7.44. The zero-order valence-corrected chi connectivity index (χ0v) is 16.3. The lowest BCUT2D eigenvalue weighted by atomic mass is 9.94. The molecule has 0 aromatic carbocycles. The molecule has 23 heavy (non-hydrogen) atoms. The monoisotopic (exact) mass is 432 g/mol. The van der Waals surface area contributed by atoms with E-state index in [9.17, 15) is 0 Å². The van der Waals surface area contributed by atoms with Gasteiger partial charge in [-0.15, -0.1) is 24.0 Å². The highest BCUT2D eigenvalue weighted by atomic mass is 127. The molecule has 128 valence electrons. The second-order valence-electron chi connectivity index (χ2n) is 6.00. The summed E-state index contributed by atoms with van der Waals surface area (Å²) in [5, 5.41) is 13.2. The first-order chi connectivity index (χ1) is 10.5. The van der Waals surface area contributed by atoms with Gasteiger partial charge in [-0.3, -0.25) is 5.10 Å². The van der Waals surface area contributed by atoms with E-state index in [1.165, 1.54) is 0 Å². The van der Waals surface area contributed by atoms with Gasteiger partial charge in [-0.25, -0.2) is 9.98 Å². The lowest BCUT2D eigenvalue weighted by molar-refractivity contribution is 0.379. The molecule has 0 unspecified atom stereocenters. The molecule has 0 saturated carbocycles. The van der Waals surface area contributed by atoms with Crippen molar-refractivity contribution >= 4 is 29.9 Å². The Morgan fingerprint density at radius 2 is 2.13 bits per heavy atom. The number of aromatic amines is 1. The maximum absolute atomic E-state index is 5.75. The third-order valence-corrected chi connectivity index (χ3v) is 3.01. The minimum atomic E-state index is -0.0372. The van der Waals surface area contributed by atoms with Gasteiger partial charge in [0.2, 0.25) is 5.89 Å². The zero-order valence-electron chi connectivity index (χ0n) is 14.0. The van der Waals surface area contributed by atoms with E-state index in [0.717, 1.165) is 18.0 Å². The predicted molar refractivity (Wildman–Crippen MR) is 101 cm³/mol. The molecule has 8 heteroatoms. The Hall–Kier alpha value is -1.58. The highest BCUT2D eigenvalue weighted by Gasteiger charge is 2.19. The van der Waals surface area contributed by atoms with E-state index in [4.69, 9.17) is 4.42 Å². The molecule has 0 radical (unpaired) electrons. The van der Waals surface area contributed by atoms with Gasteiger partial charge >= 0.3 is 0 Å². The molecule has 7 nitrogen and oxygen atoms in total. The summed E-state index contributed by atoms with van der Waals surface area (Å²) in [7, 11) is 0. The summed E-state index contributed by atoms with van der Waals surface area (Å²) < 4.78 is 5.75. The Kier molecular flexibility index (Phi) is 7.53. The fraction of sp³-hybridized carbons (Fsp3) is 0.533. The number of guanidine groups is 1. The molecular formula is C15H25IN6O. The topological polar surface area (TPSA) is 91.1 Å². The minimum Gasteiger partial charge on any atom is -0.443 e. The van der Waals surface area contributed by atoms with E-state index in [-0.39, 0.29) is 29.4 Å². The number of H-pyrrole nitrogens is 1. The molecule has 2 rings (SSSR count). The molecule has 0 aliphatic rings. The highest BCUT2D eigenvalue weighted by Crippen LogP contribution is 2.22. The molecule has 2 aromatic rings. The molecule has 2 heterocycles. The van der Waals surface area contributed by atoms with Crippen LogP contribution in [0.5, 0.6) is 0 Å². The number of oxazole rings is 1. The van der Waals surface area contributed by atoms with Crippen molar-refractivity contribution in [2.45, 2.75) is 46.2 Å². The number of halogens is 1. The summed E-state index contributed by atoms with van der Waals surface area (Å²) >= 11 is 0. The van der Waals surface area contributed by atoms with Gasteiger partial charge < -0.3 is 15.1 Å². The van der Waals surface area contributed by atoms with Crippen LogP contribution in [0.2, 0.25) is 0 Å². The van der Waals surface area contributed by atoms with Gasteiger partial charge in [0.15, 0.2) is 5.96 Å². The van der Waals surface area contributed by atoms with Crippen LogP contribution in [0.25, 0.3) is 0 Å². The summed E-state index contributed by atoms with van der Waals surface area (Å²) in [6.45, 7) is 10.1. The standard InChI is InChI=1S/C15H24N6O.HI/c1-5-16-14(18-8-11-6-7-20-21-11)19-10-13-17-9-12(22-13)15(2,3)4;/h6-7,9H,5,8,10H2,1-4H3,(H,20,21)(H2,16,18,19);1H. The third kappa shape index (κ3) is 6.20. The number of hydrogen-bond donors (Lipinski definition) is 3. The number of hydrogen-bond acceptors (Lipinski definition) is 4. The Morgan fingerprint density at radius 1 is 1.35 bits per heavy atom. The van der Waals surface area contributed by atoms with Crippen molar-refractivity contribution in [3.05, 3.63) is 35.8 Å². The summed E-state index contributed by atoms with van der Waals surface area (Å²) in [6.07, 6.45) is 3.50. The van der Waals surface area contributed by atoms with E-state index in [2.05, 4.69) is 51.6 Å². The average Bonchev–Trinajstić information content (AvgIpc) is 3.12. The molecule has 0 fully saturated rings. The van der Waals surface area contributed by atoms with E-state index in [0.29, 0.717) is 24.9 Å².